The maximum absolute atomic E-state index is 14.3. The number of nitrogens with one attached hydrogen (secondary N) is 4. The number of benzene rings is 1. The van der Waals surface area contributed by atoms with E-state index in [1.165, 1.54) is 45.8 Å². The van der Waals surface area contributed by atoms with E-state index in [0.717, 1.165) is 4.90 Å². The zero-order valence-corrected chi connectivity index (χ0v) is 52.1. The summed E-state index contributed by atoms with van der Waals surface area (Å²) in [5, 5.41) is 10.7. The Bertz CT molecular complexity index is 2540. The van der Waals surface area contributed by atoms with Gasteiger partial charge in [-0.25, -0.2) is 28.3 Å². The number of amides is 7. The van der Waals surface area contributed by atoms with E-state index in [-0.39, 0.29) is 50.3 Å². The maximum atomic E-state index is 14.3. The molecular formula is C55H89N7O20P2. The molecule has 0 radical (unpaired) electrons. The molecule has 8 N–H and O–H groups in total. The SMILES string of the molecule is C/C=C(\C)[C@H]1OC(=O)[C@@H](C)NC(=O)[C@H](C(C)CC)NC(=O)CN(C)C(=O)[C@@H](Cc2ccccc2)N(C)C(=O)[C@H](C)NC(=O)[C@@H](CC(C)C)OC(=O)/C(C)=C/C[C@H](OC(=O)NCCCCCCCOP(=O)(O)OP(=O)(O)OCCOC(N)=O)[C@@H]1C. The first-order chi connectivity index (χ1) is 39.3. The molecule has 1 aromatic rings. The standard InChI is InChI=1S/C55H89N7O20P2/c1-13-35(5)46-49(65)59-40(10)53(69)81-47(36(6)14-2)38(8)43(80-55(71)57-27-21-16-15-17-22-28-77-83(72,73)82-84(74,75)78-30-29-76-54(56)70)26-25-37(7)52(68)79-44(31-34(3)4)48(64)58-39(9)50(66)62(12)42(32-41-23-19-18-20-24-41)51(67)61(11)33-45(63)60-46/h14,18-20,23-25,34-35,38-40,42-44,46-47H,13,15-17,21-22,26-33H2,1-12H3,(H2,56,70)(H,57,71)(H,58,64)(H,59,65)(H,60,63)(H,72,73)(H,74,75)/b36-14+,37-25+/t35?,38-,39-,40+,42+,43-,44+,46-,47+/m0/s1. The Morgan fingerprint density at radius 1 is 0.845 bits per heavy atom. The van der Waals surface area contributed by atoms with Crippen molar-refractivity contribution in [2.75, 3.05) is 47.0 Å². The monoisotopic (exact) mass is 1230 g/mol. The normalized spacial score (nSPS) is 25.1. The summed E-state index contributed by atoms with van der Waals surface area (Å²) >= 11 is 0. The number of likely N-dealkylation sites (N-methyl/N-ethyl adjacent to an activating group) is 2. The van der Waals surface area contributed by atoms with Crippen molar-refractivity contribution >= 4 is 69.3 Å². The summed E-state index contributed by atoms with van der Waals surface area (Å²) in [6.45, 7) is 14.6. The molecule has 2 rings (SSSR count). The Hall–Kier alpha value is -6.21. The first-order valence-corrected chi connectivity index (χ1v) is 31.0. The highest BCUT2D eigenvalue weighted by molar-refractivity contribution is 7.61. The van der Waals surface area contributed by atoms with Crippen molar-refractivity contribution in [2.45, 2.75) is 170 Å². The molecule has 0 aliphatic carbocycles. The Labute approximate surface area is 492 Å². The molecule has 1 aliphatic heterocycles. The molecule has 1 aromatic carbocycles. The molecule has 0 spiro atoms. The van der Waals surface area contributed by atoms with Crippen molar-refractivity contribution in [3.05, 3.63) is 59.2 Å². The number of phosphoric ester groups is 2. The minimum absolute atomic E-state index is 0.0245. The molecule has 11 atom stereocenters. The minimum atomic E-state index is -5.06. The van der Waals surface area contributed by atoms with E-state index in [9.17, 15) is 62.1 Å². The molecule has 0 fully saturated rings. The summed E-state index contributed by atoms with van der Waals surface area (Å²) < 4.78 is 59.7. The number of hydrogen-bond acceptors (Lipinski definition) is 18. The van der Waals surface area contributed by atoms with Crippen LogP contribution in [0.2, 0.25) is 0 Å². The van der Waals surface area contributed by atoms with Gasteiger partial charge in [-0.3, -0.25) is 33.0 Å². The van der Waals surface area contributed by atoms with Gasteiger partial charge in [-0.15, -0.1) is 0 Å². The second-order valence-electron chi connectivity index (χ2n) is 21.1. The van der Waals surface area contributed by atoms with Crippen LogP contribution in [0.4, 0.5) is 9.59 Å². The van der Waals surface area contributed by atoms with Crippen LogP contribution in [-0.4, -0.2) is 163 Å². The van der Waals surface area contributed by atoms with E-state index >= 15 is 0 Å². The van der Waals surface area contributed by atoms with Gasteiger partial charge < -0.3 is 65.5 Å². The van der Waals surface area contributed by atoms with Gasteiger partial charge in [0.1, 0.15) is 43.0 Å². The Kier molecular flexibility index (Phi) is 32.2. The van der Waals surface area contributed by atoms with Crippen molar-refractivity contribution in [2.24, 2.45) is 23.5 Å². The van der Waals surface area contributed by atoms with Gasteiger partial charge in [0.25, 0.3) is 5.91 Å². The molecule has 0 bridgehead atoms. The number of rotatable bonds is 23. The fraction of sp³-hybridized carbons (Fsp3) is 0.655. The molecule has 0 aromatic heterocycles. The van der Waals surface area contributed by atoms with Crippen molar-refractivity contribution < 1.29 is 94.4 Å². The molecule has 0 saturated carbocycles. The van der Waals surface area contributed by atoms with Crippen molar-refractivity contribution in [3.63, 3.8) is 0 Å². The second kappa shape index (κ2) is 36.6. The number of nitrogens with zero attached hydrogens (tertiary/aromatic N) is 2. The van der Waals surface area contributed by atoms with Gasteiger partial charge in [-0.2, -0.15) is 4.31 Å². The predicted octanol–water partition coefficient (Wildman–Crippen LogP) is 5.27. The van der Waals surface area contributed by atoms with Crippen LogP contribution in [0.25, 0.3) is 0 Å². The van der Waals surface area contributed by atoms with Crippen LogP contribution in [0.15, 0.2) is 53.6 Å². The number of esters is 2. The zero-order valence-electron chi connectivity index (χ0n) is 50.3. The third-order valence-corrected chi connectivity index (χ3v) is 16.4. The summed E-state index contributed by atoms with van der Waals surface area (Å²) in [6, 6.07) is 4.03. The molecule has 0 saturated heterocycles. The molecule has 474 valence electrons. The van der Waals surface area contributed by atoms with Crippen LogP contribution in [0.1, 0.15) is 126 Å². The number of primary amides is 1. The lowest BCUT2D eigenvalue weighted by molar-refractivity contribution is -0.155. The van der Waals surface area contributed by atoms with Crippen LogP contribution >= 0.6 is 15.6 Å². The molecule has 29 heteroatoms. The quantitative estimate of drug-likeness (QED) is 0.0241. The summed E-state index contributed by atoms with van der Waals surface area (Å²) in [5.74, 6) is -6.69. The Morgan fingerprint density at radius 2 is 1.45 bits per heavy atom. The summed E-state index contributed by atoms with van der Waals surface area (Å²) in [7, 11) is -7.29. The van der Waals surface area contributed by atoms with Crippen LogP contribution in [0, 0.1) is 17.8 Å². The van der Waals surface area contributed by atoms with E-state index < -0.39 is 143 Å². The van der Waals surface area contributed by atoms with Gasteiger partial charge in [0.15, 0.2) is 6.10 Å². The first-order valence-electron chi connectivity index (χ1n) is 28.0. The van der Waals surface area contributed by atoms with Gasteiger partial charge in [0, 0.05) is 45.0 Å². The fourth-order valence-corrected chi connectivity index (χ4v) is 10.6. The summed E-state index contributed by atoms with van der Waals surface area (Å²) in [4.78, 5) is 144. The number of cyclic esters (lactones) is 2. The first kappa shape index (κ1) is 73.9. The molecule has 84 heavy (non-hydrogen) atoms. The third kappa shape index (κ3) is 26.8. The fourth-order valence-electron chi connectivity index (χ4n) is 8.47. The highest BCUT2D eigenvalue weighted by Crippen LogP contribution is 2.60. The largest absolute Gasteiger partial charge is 0.481 e. The highest BCUT2D eigenvalue weighted by atomic mass is 31.3. The van der Waals surface area contributed by atoms with Crippen molar-refractivity contribution in [3.8, 4) is 0 Å². The van der Waals surface area contributed by atoms with Gasteiger partial charge in [0.2, 0.25) is 23.6 Å². The van der Waals surface area contributed by atoms with E-state index in [4.69, 9.17) is 24.5 Å². The zero-order chi connectivity index (χ0) is 63.5. The molecular weight excluding hydrogens is 1140 g/mol. The highest BCUT2D eigenvalue weighted by Gasteiger charge is 2.39. The number of hydrogen-bond donors (Lipinski definition) is 7. The van der Waals surface area contributed by atoms with Gasteiger partial charge in [-0.1, -0.05) is 103 Å². The number of carbonyl (C=O) groups excluding carboxylic acids is 9. The number of phosphoric acid groups is 2. The van der Waals surface area contributed by atoms with Crippen molar-refractivity contribution in [1.29, 1.82) is 0 Å². The summed E-state index contributed by atoms with van der Waals surface area (Å²) in [5.41, 5.74) is 6.04. The van der Waals surface area contributed by atoms with E-state index in [1.54, 1.807) is 64.1 Å². The number of carbonyl (C=O) groups is 9. The molecule has 1 heterocycles. The Morgan fingerprint density at radius 3 is 2.06 bits per heavy atom. The van der Waals surface area contributed by atoms with Gasteiger partial charge in [0.05, 0.1) is 19.8 Å². The predicted molar refractivity (Wildman–Crippen MR) is 307 cm³/mol. The van der Waals surface area contributed by atoms with Crippen molar-refractivity contribution in [1.82, 2.24) is 31.1 Å². The number of allylic oxidation sites excluding steroid dienone is 1. The molecule has 3 unspecified atom stereocenters. The average Bonchev–Trinajstić information content (AvgIpc) is 3.55. The van der Waals surface area contributed by atoms with Crippen LogP contribution < -0.4 is 27.0 Å². The number of nitrogens with two attached hydrogens (primary N) is 1. The van der Waals surface area contributed by atoms with E-state index in [0.29, 0.717) is 43.2 Å². The van der Waals surface area contributed by atoms with Crippen LogP contribution in [0.3, 0.4) is 0 Å². The lowest BCUT2D eigenvalue weighted by atomic mass is 9.90. The Balaban J connectivity index is 2.44. The number of alkyl carbamates (subject to hydrolysis) is 1. The van der Waals surface area contributed by atoms with E-state index in [2.05, 4.69) is 34.8 Å². The maximum Gasteiger partial charge on any atom is 0.481 e. The summed E-state index contributed by atoms with van der Waals surface area (Å²) in [6.07, 6.45) is 0.273. The van der Waals surface area contributed by atoms with Gasteiger partial charge >= 0.3 is 39.8 Å². The average molecular weight is 1230 g/mol. The lowest BCUT2D eigenvalue weighted by Crippen LogP contribution is -2.57. The van der Waals surface area contributed by atoms with Crippen LogP contribution in [-0.2, 0) is 81.4 Å². The molecule has 1 aliphatic rings. The third-order valence-electron chi connectivity index (χ3n) is 13.7. The van der Waals surface area contributed by atoms with Gasteiger partial charge in [-0.05, 0) is 76.9 Å². The lowest BCUT2D eigenvalue weighted by Gasteiger charge is -2.33. The van der Waals surface area contributed by atoms with Crippen LogP contribution in [0.5, 0.6) is 0 Å². The number of ether oxygens (including phenoxy) is 4. The molecule has 27 nitrogen and oxygen atoms in total. The smallest absolute Gasteiger partial charge is 0.456 e. The molecule has 7 amide bonds. The minimum Gasteiger partial charge on any atom is -0.456 e. The second-order valence-corrected chi connectivity index (χ2v) is 24.2. The topological polar surface area (TPSA) is 373 Å². The number of unbranched alkanes of at least 4 members (excludes halogenated alkanes) is 4. The van der Waals surface area contributed by atoms with E-state index in [1.807, 2.05) is 20.8 Å².